The zero-order chi connectivity index (χ0) is 31.5. The number of nitrogens with zero attached hydrogens (tertiary/aromatic N) is 2. The Hall–Kier alpha value is -4.85. The zero-order valence-electron chi connectivity index (χ0n) is 23.7. The number of phenolic OH excluding ortho intramolecular Hbond substituents is 2. The van der Waals surface area contributed by atoms with E-state index in [0.717, 1.165) is 0 Å². The number of aromatic hydroxyl groups is 2. The molecule has 14 heteroatoms. The number of hydrogen-bond donors (Lipinski definition) is 8. The molecule has 0 radical (unpaired) electrons. The highest BCUT2D eigenvalue weighted by molar-refractivity contribution is 5.94. The lowest BCUT2D eigenvalue weighted by atomic mass is 10.0. The molecule has 14 nitrogen and oxygen atoms in total. The van der Waals surface area contributed by atoms with Crippen molar-refractivity contribution in [2.75, 3.05) is 13.1 Å². The number of carboxylic acid groups (broad SMARTS) is 1. The van der Waals surface area contributed by atoms with Crippen LogP contribution in [0.25, 0.3) is 0 Å². The number of rotatable bonds is 14. The van der Waals surface area contributed by atoms with Gasteiger partial charge in [0.05, 0.1) is 6.04 Å². The molecular formula is C29H39N7O7. The van der Waals surface area contributed by atoms with Crippen LogP contribution >= 0.6 is 0 Å². The largest absolute Gasteiger partial charge is 0.508 e. The molecule has 0 aliphatic carbocycles. The van der Waals surface area contributed by atoms with E-state index < -0.39 is 47.9 Å². The van der Waals surface area contributed by atoms with Crippen LogP contribution in [0.5, 0.6) is 11.5 Å². The number of amides is 3. The number of hydrogen-bond acceptors (Lipinski definition) is 8. The molecule has 1 aliphatic heterocycles. The normalized spacial score (nSPS) is 16.5. The van der Waals surface area contributed by atoms with Gasteiger partial charge < -0.3 is 48.1 Å². The van der Waals surface area contributed by atoms with Crippen molar-refractivity contribution < 1.29 is 34.5 Å². The molecule has 4 atom stereocenters. The van der Waals surface area contributed by atoms with Gasteiger partial charge in [-0.1, -0.05) is 24.3 Å². The molecule has 1 fully saturated rings. The van der Waals surface area contributed by atoms with Crippen molar-refractivity contribution in [3.8, 4) is 11.5 Å². The van der Waals surface area contributed by atoms with E-state index in [0.29, 0.717) is 49.9 Å². The number of carbonyl (C=O) groups is 4. The molecule has 0 aromatic heterocycles. The zero-order valence-corrected chi connectivity index (χ0v) is 23.7. The number of phenols is 2. The Morgan fingerprint density at radius 1 is 0.907 bits per heavy atom. The lowest BCUT2D eigenvalue weighted by molar-refractivity contribution is -0.143. The first-order chi connectivity index (χ1) is 20.4. The number of carbonyl (C=O) groups excluding carboxylic acids is 3. The van der Waals surface area contributed by atoms with E-state index in [2.05, 4.69) is 15.6 Å². The molecule has 0 bridgehead atoms. The number of aliphatic imine (C=N–C) groups is 1. The molecule has 1 heterocycles. The lowest BCUT2D eigenvalue weighted by Crippen LogP contribution is -2.57. The number of aliphatic carboxylic acids is 1. The number of nitrogens with one attached hydrogen (secondary N) is 2. The average Bonchev–Trinajstić information content (AvgIpc) is 3.46. The van der Waals surface area contributed by atoms with Crippen LogP contribution in [-0.4, -0.2) is 87.1 Å². The third kappa shape index (κ3) is 9.88. The van der Waals surface area contributed by atoms with Gasteiger partial charge in [-0.15, -0.1) is 0 Å². The summed E-state index contributed by atoms with van der Waals surface area (Å²) >= 11 is 0. The van der Waals surface area contributed by atoms with Gasteiger partial charge in [0.25, 0.3) is 0 Å². The standard InChI is InChI=1S/C29H39N7O7/c30-21(3-1-13-33-29(31)32)27(41)36-14-2-4-24(36)26(40)34-22(15-17-5-9-19(37)10-6-17)25(39)35-23(28(42)43)16-18-7-11-20(38)12-8-18/h5-12,21-24,37-38H,1-4,13-16,30H2,(H,34,40)(H,35,39)(H,42,43)(H4,31,32,33). The van der Waals surface area contributed by atoms with Crippen molar-refractivity contribution in [2.45, 2.75) is 62.7 Å². The maximum atomic E-state index is 13.5. The minimum Gasteiger partial charge on any atom is -0.508 e. The van der Waals surface area contributed by atoms with E-state index in [1.807, 2.05) is 0 Å². The Kier molecular flexibility index (Phi) is 11.7. The Labute approximate surface area is 248 Å². The molecule has 3 rings (SSSR count). The third-order valence-electron chi connectivity index (χ3n) is 7.12. The maximum absolute atomic E-state index is 13.5. The van der Waals surface area contributed by atoms with Gasteiger partial charge in [-0.05, 0) is 61.1 Å². The van der Waals surface area contributed by atoms with E-state index in [9.17, 15) is 34.5 Å². The highest BCUT2D eigenvalue weighted by Crippen LogP contribution is 2.20. The minimum absolute atomic E-state index is 0.00558. The van der Waals surface area contributed by atoms with Crippen molar-refractivity contribution in [1.29, 1.82) is 0 Å². The highest BCUT2D eigenvalue weighted by Gasteiger charge is 2.38. The van der Waals surface area contributed by atoms with Crippen LogP contribution in [0.2, 0.25) is 0 Å². The number of benzene rings is 2. The van der Waals surface area contributed by atoms with Crippen LogP contribution in [0.3, 0.4) is 0 Å². The van der Waals surface area contributed by atoms with E-state index in [-0.39, 0.29) is 30.3 Å². The smallest absolute Gasteiger partial charge is 0.326 e. The number of nitrogens with two attached hydrogens (primary N) is 3. The molecule has 3 amide bonds. The predicted molar refractivity (Wildman–Crippen MR) is 158 cm³/mol. The number of guanidine groups is 1. The topological polar surface area (TPSA) is 247 Å². The molecule has 0 saturated carbocycles. The van der Waals surface area contributed by atoms with Gasteiger partial charge in [-0.2, -0.15) is 0 Å². The SMILES string of the molecule is NC(N)=NCCCC(N)C(=O)N1CCCC1C(=O)NC(Cc1ccc(O)cc1)C(=O)NC(Cc1ccc(O)cc1)C(=O)O. The van der Waals surface area contributed by atoms with Crippen LogP contribution in [0.1, 0.15) is 36.8 Å². The minimum atomic E-state index is -1.32. The number of carboxylic acids is 1. The first kappa shape index (κ1) is 32.7. The first-order valence-electron chi connectivity index (χ1n) is 14.0. The molecule has 232 valence electrons. The molecule has 43 heavy (non-hydrogen) atoms. The summed E-state index contributed by atoms with van der Waals surface area (Å²) in [6.07, 6.45) is 1.64. The maximum Gasteiger partial charge on any atom is 0.326 e. The van der Waals surface area contributed by atoms with Crippen molar-refractivity contribution in [2.24, 2.45) is 22.2 Å². The Balaban J connectivity index is 1.73. The molecule has 1 aliphatic rings. The summed E-state index contributed by atoms with van der Waals surface area (Å²) in [7, 11) is 0. The van der Waals surface area contributed by atoms with Crippen LogP contribution < -0.4 is 27.8 Å². The fourth-order valence-corrected chi connectivity index (χ4v) is 4.84. The van der Waals surface area contributed by atoms with E-state index >= 15 is 0 Å². The summed E-state index contributed by atoms with van der Waals surface area (Å²) in [4.78, 5) is 57.3. The van der Waals surface area contributed by atoms with Gasteiger partial charge in [0.2, 0.25) is 17.7 Å². The van der Waals surface area contributed by atoms with Gasteiger partial charge in [0, 0.05) is 25.9 Å². The summed E-state index contributed by atoms with van der Waals surface area (Å²) in [5.74, 6) is -3.01. The second kappa shape index (κ2) is 15.4. The Bertz CT molecular complexity index is 1300. The molecule has 0 spiro atoms. The van der Waals surface area contributed by atoms with Crippen molar-refractivity contribution in [3.63, 3.8) is 0 Å². The van der Waals surface area contributed by atoms with Gasteiger partial charge in [0.1, 0.15) is 29.6 Å². The van der Waals surface area contributed by atoms with Crippen molar-refractivity contribution in [1.82, 2.24) is 15.5 Å². The van der Waals surface area contributed by atoms with Crippen LogP contribution in [0.4, 0.5) is 0 Å². The summed E-state index contributed by atoms with van der Waals surface area (Å²) in [5, 5.41) is 34.2. The van der Waals surface area contributed by atoms with Gasteiger partial charge in [-0.3, -0.25) is 19.4 Å². The van der Waals surface area contributed by atoms with Crippen molar-refractivity contribution in [3.05, 3.63) is 59.7 Å². The molecule has 2 aromatic carbocycles. The van der Waals surface area contributed by atoms with Gasteiger partial charge >= 0.3 is 5.97 Å². The lowest BCUT2D eigenvalue weighted by Gasteiger charge is -2.28. The highest BCUT2D eigenvalue weighted by atomic mass is 16.4. The van der Waals surface area contributed by atoms with E-state index in [1.54, 1.807) is 24.3 Å². The second-order valence-corrected chi connectivity index (χ2v) is 10.4. The quantitative estimate of drug-likeness (QED) is 0.0773. The van der Waals surface area contributed by atoms with Gasteiger partial charge in [-0.25, -0.2) is 4.79 Å². The van der Waals surface area contributed by atoms with Crippen molar-refractivity contribution >= 4 is 29.7 Å². The fraction of sp³-hybridized carbons (Fsp3) is 0.414. The molecule has 2 aromatic rings. The first-order valence-corrected chi connectivity index (χ1v) is 14.0. The predicted octanol–water partition coefficient (Wildman–Crippen LogP) is -0.691. The second-order valence-electron chi connectivity index (χ2n) is 10.4. The molecule has 4 unspecified atom stereocenters. The Morgan fingerprint density at radius 2 is 1.47 bits per heavy atom. The third-order valence-corrected chi connectivity index (χ3v) is 7.12. The summed E-state index contributed by atoms with van der Waals surface area (Å²) in [6, 6.07) is 7.71. The molecule has 11 N–H and O–H groups in total. The van der Waals surface area contributed by atoms with E-state index in [1.165, 1.54) is 29.2 Å². The molecule has 1 saturated heterocycles. The monoisotopic (exact) mass is 597 g/mol. The summed E-state index contributed by atoms with van der Waals surface area (Å²) in [6.45, 7) is 0.631. The fourth-order valence-electron chi connectivity index (χ4n) is 4.84. The summed E-state index contributed by atoms with van der Waals surface area (Å²) < 4.78 is 0. The number of likely N-dealkylation sites (tertiary alicyclic amines) is 1. The van der Waals surface area contributed by atoms with E-state index in [4.69, 9.17) is 17.2 Å². The Morgan fingerprint density at radius 3 is 2.00 bits per heavy atom. The van der Waals surface area contributed by atoms with Crippen LogP contribution in [0.15, 0.2) is 53.5 Å². The van der Waals surface area contributed by atoms with Crippen LogP contribution in [-0.2, 0) is 32.0 Å². The summed E-state index contributed by atoms with van der Waals surface area (Å²) in [5.41, 5.74) is 17.9. The average molecular weight is 598 g/mol. The van der Waals surface area contributed by atoms with Crippen LogP contribution in [0, 0.1) is 0 Å². The van der Waals surface area contributed by atoms with Gasteiger partial charge in [0.15, 0.2) is 5.96 Å². The molecular weight excluding hydrogens is 558 g/mol.